The van der Waals surface area contributed by atoms with Gasteiger partial charge in [-0.2, -0.15) is 10.4 Å². The smallest absolute Gasteiger partial charge is 0.274 e. The molecule has 9 heteroatoms. The summed E-state index contributed by atoms with van der Waals surface area (Å²) < 4.78 is 20.8. The SMILES string of the molecule is N#CCc1c(C(=O)N2CC[C@@H](OCc3ccc(F)cc3)C2)nn(-c2ccccc2Cl)c1-c1ccc(Cl)cc1. The standard InChI is InChI=1S/C29H23Cl2FN4O2/c30-21-9-7-20(8-10-21)28-24(13-15-33)27(34-36(28)26-4-2-1-3-25(26)31)29(37)35-16-14-23(17-35)38-18-19-5-11-22(32)12-6-19/h1-12,23H,13-14,16-18H2/t23-/m1/s1. The van der Waals surface area contributed by atoms with Crippen LogP contribution in [0.2, 0.25) is 10.0 Å². The summed E-state index contributed by atoms with van der Waals surface area (Å²) in [7, 11) is 0. The van der Waals surface area contributed by atoms with Gasteiger partial charge in [0.2, 0.25) is 0 Å². The largest absolute Gasteiger partial charge is 0.372 e. The summed E-state index contributed by atoms with van der Waals surface area (Å²) >= 11 is 12.6. The molecule has 6 nitrogen and oxygen atoms in total. The van der Waals surface area contributed by atoms with Crippen molar-refractivity contribution < 1.29 is 13.9 Å². The Morgan fingerprint density at radius 1 is 1.08 bits per heavy atom. The van der Waals surface area contributed by atoms with Crippen molar-refractivity contribution in [2.75, 3.05) is 13.1 Å². The van der Waals surface area contributed by atoms with E-state index in [1.165, 1.54) is 12.1 Å². The Kier molecular flexibility index (Phi) is 7.75. The van der Waals surface area contributed by atoms with E-state index in [0.29, 0.717) is 53.1 Å². The third-order valence-electron chi connectivity index (χ3n) is 6.47. The summed E-state index contributed by atoms with van der Waals surface area (Å²) in [6.07, 6.45) is 0.488. The normalized spacial score (nSPS) is 15.0. The highest BCUT2D eigenvalue weighted by atomic mass is 35.5. The van der Waals surface area contributed by atoms with Crippen molar-refractivity contribution in [3.63, 3.8) is 0 Å². The molecule has 0 saturated carbocycles. The predicted molar refractivity (Wildman–Crippen MR) is 144 cm³/mol. The summed E-state index contributed by atoms with van der Waals surface area (Å²) in [5, 5.41) is 15.4. The monoisotopic (exact) mass is 548 g/mol. The van der Waals surface area contributed by atoms with Gasteiger partial charge in [-0.05, 0) is 48.4 Å². The summed E-state index contributed by atoms with van der Waals surface area (Å²) in [5.41, 5.74) is 3.56. The molecule has 0 aliphatic carbocycles. The molecule has 192 valence electrons. The number of aromatic nitrogens is 2. The first-order valence-corrected chi connectivity index (χ1v) is 12.8. The van der Waals surface area contributed by atoms with Crippen molar-refractivity contribution >= 4 is 29.1 Å². The number of hydrogen-bond donors (Lipinski definition) is 0. The lowest BCUT2D eigenvalue weighted by atomic mass is 10.0. The first-order valence-electron chi connectivity index (χ1n) is 12.1. The molecule has 1 aromatic heterocycles. The molecule has 3 aromatic carbocycles. The zero-order chi connectivity index (χ0) is 26.6. The minimum atomic E-state index is -0.297. The van der Waals surface area contributed by atoms with Crippen LogP contribution >= 0.6 is 23.2 Å². The molecule has 0 unspecified atom stereocenters. The number of halogens is 3. The van der Waals surface area contributed by atoms with Gasteiger partial charge in [0.15, 0.2) is 5.69 Å². The molecule has 1 aliphatic heterocycles. The molecule has 1 atom stereocenters. The van der Waals surface area contributed by atoms with E-state index in [1.807, 2.05) is 30.3 Å². The third kappa shape index (κ3) is 5.44. The maximum Gasteiger partial charge on any atom is 0.274 e. The number of nitrogens with zero attached hydrogens (tertiary/aromatic N) is 4. The van der Waals surface area contributed by atoms with E-state index in [9.17, 15) is 14.4 Å². The Hall–Kier alpha value is -3.70. The average Bonchev–Trinajstić information content (AvgIpc) is 3.54. The van der Waals surface area contributed by atoms with Crippen LogP contribution in [-0.4, -0.2) is 39.8 Å². The minimum absolute atomic E-state index is 0.0121. The van der Waals surface area contributed by atoms with Gasteiger partial charge >= 0.3 is 0 Å². The van der Waals surface area contributed by atoms with Gasteiger partial charge < -0.3 is 9.64 Å². The molecule has 4 aromatic rings. The topological polar surface area (TPSA) is 71.2 Å². The summed E-state index contributed by atoms with van der Waals surface area (Å²) in [6, 6.07) is 22.7. The Labute approximate surface area is 229 Å². The van der Waals surface area contributed by atoms with Gasteiger partial charge in [-0.25, -0.2) is 9.07 Å². The second-order valence-electron chi connectivity index (χ2n) is 8.98. The van der Waals surface area contributed by atoms with Gasteiger partial charge in [-0.1, -0.05) is 59.6 Å². The third-order valence-corrected chi connectivity index (χ3v) is 7.04. The van der Waals surface area contributed by atoms with Gasteiger partial charge in [-0.15, -0.1) is 0 Å². The van der Waals surface area contributed by atoms with Crippen LogP contribution in [0.3, 0.4) is 0 Å². The number of benzene rings is 3. The van der Waals surface area contributed by atoms with Crippen LogP contribution < -0.4 is 0 Å². The average molecular weight is 549 g/mol. The highest BCUT2D eigenvalue weighted by Crippen LogP contribution is 2.34. The van der Waals surface area contributed by atoms with Crippen molar-refractivity contribution in [1.82, 2.24) is 14.7 Å². The number of carbonyl (C=O) groups excluding carboxylic acids is 1. The number of hydrogen-bond acceptors (Lipinski definition) is 4. The van der Waals surface area contributed by atoms with Crippen LogP contribution in [0.1, 0.15) is 28.0 Å². The molecule has 0 bridgehead atoms. The van der Waals surface area contributed by atoms with Crippen LogP contribution in [0.4, 0.5) is 4.39 Å². The van der Waals surface area contributed by atoms with E-state index in [0.717, 1.165) is 11.1 Å². The number of nitriles is 1. The molecular weight excluding hydrogens is 526 g/mol. The lowest BCUT2D eigenvalue weighted by molar-refractivity contribution is 0.0435. The molecule has 1 saturated heterocycles. The molecule has 1 amide bonds. The number of para-hydroxylation sites is 1. The minimum Gasteiger partial charge on any atom is -0.372 e. The van der Waals surface area contributed by atoms with Crippen molar-refractivity contribution in [2.24, 2.45) is 0 Å². The first-order chi connectivity index (χ1) is 18.4. The highest BCUT2D eigenvalue weighted by molar-refractivity contribution is 6.32. The van der Waals surface area contributed by atoms with Gasteiger partial charge in [0, 0.05) is 29.2 Å². The molecule has 1 aliphatic rings. The Balaban J connectivity index is 1.46. The molecule has 38 heavy (non-hydrogen) atoms. The van der Waals surface area contributed by atoms with Crippen LogP contribution in [0.5, 0.6) is 0 Å². The molecule has 0 radical (unpaired) electrons. The molecule has 0 N–H and O–H groups in total. The predicted octanol–water partition coefficient (Wildman–Crippen LogP) is 6.48. The van der Waals surface area contributed by atoms with Crippen LogP contribution in [0.25, 0.3) is 16.9 Å². The fourth-order valence-electron chi connectivity index (χ4n) is 4.56. The Bertz CT molecular complexity index is 1500. The molecular formula is C29H23Cl2FN4O2. The second-order valence-corrected chi connectivity index (χ2v) is 9.82. The van der Waals surface area contributed by atoms with Crippen LogP contribution in [0, 0.1) is 17.1 Å². The highest BCUT2D eigenvalue weighted by Gasteiger charge is 2.33. The second kappa shape index (κ2) is 11.4. The zero-order valence-corrected chi connectivity index (χ0v) is 21.8. The van der Waals surface area contributed by atoms with Crippen molar-refractivity contribution in [1.29, 1.82) is 5.26 Å². The molecule has 2 heterocycles. The summed E-state index contributed by atoms with van der Waals surface area (Å²) in [4.78, 5) is 15.5. The lowest BCUT2D eigenvalue weighted by Crippen LogP contribution is -2.31. The van der Waals surface area contributed by atoms with E-state index in [-0.39, 0.29) is 29.9 Å². The fourth-order valence-corrected chi connectivity index (χ4v) is 4.91. The molecule has 1 fully saturated rings. The maximum absolute atomic E-state index is 13.8. The van der Waals surface area contributed by atoms with Gasteiger partial charge in [0.1, 0.15) is 5.82 Å². The van der Waals surface area contributed by atoms with E-state index in [4.69, 9.17) is 33.0 Å². The van der Waals surface area contributed by atoms with Crippen LogP contribution in [-0.2, 0) is 17.8 Å². The number of rotatable bonds is 7. The van der Waals surface area contributed by atoms with Gasteiger partial charge in [0.05, 0.1) is 41.6 Å². The van der Waals surface area contributed by atoms with E-state index >= 15 is 0 Å². The Morgan fingerprint density at radius 2 is 1.82 bits per heavy atom. The zero-order valence-electron chi connectivity index (χ0n) is 20.3. The number of amides is 1. The molecule has 5 rings (SSSR count). The van der Waals surface area contributed by atoms with Crippen molar-refractivity contribution in [3.05, 3.63) is 105 Å². The number of carbonyl (C=O) groups is 1. The number of ether oxygens (including phenoxy) is 1. The van der Waals surface area contributed by atoms with Crippen molar-refractivity contribution in [2.45, 2.75) is 25.6 Å². The number of likely N-dealkylation sites (tertiary alicyclic amines) is 1. The van der Waals surface area contributed by atoms with Gasteiger partial charge in [0.25, 0.3) is 5.91 Å². The van der Waals surface area contributed by atoms with E-state index in [2.05, 4.69) is 6.07 Å². The maximum atomic E-state index is 13.8. The lowest BCUT2D eigenvalue weighted by Gasteiger charge is -2.16. The fraction of sp³-hybridized carbons (Fsp3) is 0.207. The quantitative estimate of drug-likeness (QED) is 0.265. The van der Waals surface area contributed by atoms with Crippen LogP contribution in [0.15, 0.2) is 72.8 Å². The first kappa shape index (κ1) is 25.9. The summed E-state index contributed by atoms with van der Waals surface area (Å²) in [5.74, 6) is -0.571. The van der Waals surface area contributed by atoms with Gasteiger partial charge in [-0.3, -0.25) is 4.79 Å². The van der Waals surface area contributed by atoms with E-state index in [1.54, 1.807) is 39.9 Å². The summed E-state index contributed by atoms with van der Waals surface area (Å²) in [6.45, 7) is 1.21. The van der Waals surface area contributed by atoms with Crippen molar-refractivity contribution in [3.8, 4) is 23.0 Å². The molecule has 0 spiro atoms. The Morgan fingerprint density at radius 3 is 2.53 bits per heavy atom. The van der Waals surface area contributed by atoms with E-state index < -0.39 is 0 Å².